The molecule has 0 radical (unpaired) electrons. The monoisotopic (exact) mass is 1100 g/mol. The van der Waals surface area contributed by atoms with Crippen LogP contribution in [0.3, 0.4) is 0 Å². The lowest BCUT2D eigenvalue weighted by atomic mass is 9.33. The first-order chi connectivity index (χ1) is 39.8. The van der Waals surface area contributed by atoms with Crippen LogP contribution in [0.1, 0.15) is 194 Å². The lowest BCUT2D eigenvalue weighted by molar-refractivity contribution is 0.195. The minimum absolute atomic E-state index is 0.00156. The van der Waals surface area contributed by atoms with E-state index >= 15 is 0 Å². The van der Waals surface area contributed by atoms with E-state index in [9.17, 15) is 0 Å². The van der Waals surface area contributed by atoms with Gasteiger partial charge in [0.25, 0.3) is 6.71 Å². The Labute approximate surface area is 500 Å². The third kappa shape index (κ3) is 7.02. The van der Waals surface area contributed by atoms with Crippen LogP contribution >= 0.6 is 0 Å². The number of anilines is 8. The van der Waals surface area contributed by atoms with E-state index < -0.39 is 0 Å². The van der Waals surface area contributed by atoms with E-state index in [4.69, 9.17) is 4.42 Å². The molecule has 1 saturated carbocycles. The molecule has 424 valence electrons. The molecule has 2 atom stereocenters. The van der Waals surface area contributed by atoms with Gasteiger partial charge in [0.2, 0.25) is 0 Å². The zero-order valence-electron chi connectivity index (χ0n) is 52.5. The van der Waals surface area contributed by atoms with Gasteiger partial charge in [-0.1, -0.05) is 188 Å². The Morgan fingerprint density at radius 2 is 0.929 bits per heavy atom. The number of nitrogens with zero attached hydrogens (tertiary/aromatic N) is 3. The fourth-order valence-corrected chi connectivity index (χ4v) is 18.7. The Balaban J connectivity index is 1.07. The summed E-state index contributed by atoms with van der Waals surface area (Å²) in [5.74, 6) is 0. The number of hydrogen-bond acceptors (Lipinski definition) is 4. The maximum absolute atomic E-state index is 7.23. The molecule has 4 heterocycles. The van der Waals surface area contributed by atoms with Crippen molar-refractivity contribution in [3.05, 3.63) is 185 Å². The Bertz CT molecular complexity index is 4320. The summed E-state index contributed by atoms with van der Waals surface area (Å²) >= 11 is 0. The smallest absolute Gasteiger partial charge is 0.252 e. The van der Waals surface area contributed by atoms with E-state index in [0.29, 0.717) is 0 Å². The first-order valence-electron chi connectivity index (χ1n) is 32.0. The molecule has 9 aromatic rings. The van der Waals surface area contributed by atoms with Gasteiger partial charge >= 0.3 is 0 Å². The van der Waals surface area contributed by atoms with Crippen molar-refractivity contribution in [3.63, 3.8) is 0 Å². The van der Waals surface area contributed by atoms with Gasteiger partial charge in [0.15, 0.2) is 5.58 Å². The second-order valence-corrected chi connectivity index (χ2v) is 31.6. The molecule has 16 rings (SSSR count). The molecule has 84 heavy (non-hydrogen) atoms. The topological polar surface area (TPSA) is 22.9 Å². The number of rotatable bonds is 4. The molecule has 1 fully saturated rings. The van der Waals surface area contributed by atoms with Crippen LogP contribution in [0.2, 0.25) is 0 Å². The van der Waals surface area contributed by atoms with Crippen molar-refractivity contribution in [1.82, 2.24) is 0 Å². The molecule has 1 aromatic heterocycles. The molecule has 0 amide bonds. The number of furan rings is 1. The van der Waals surface area contributed by atoms with E-state index in [1.54, 1.807) is 0 Å². The van der Waals surface area contributed by atoms with Crippen LogP contribution in [0.4, 0.5) is 45.5 Å². The van der Waals surface area contributed by atoms with Crippen LogP contribution in [-0.4, -0.2) is 12.3 Å². The molecular formula is C79H84BN3O. The standard InChI is InChI=1S/C79H84BN3O/c1-72(2)35-36-73(3,4)55-40-50(30-31-54(55)72)81-65-45-58-56(74(5,6)37-38-75(58,7)8)43-61(65)80-62-44-57-59(77(11,12)47-76(57,9)10)46-66(62)82(64-27-22-26-53-52-25-18-19-28-69(52)84-71(53)64)68-42-51(41-67(81)70(68)80)83-63-32-29-49(48-23-16-15-17-24-48)39-60(63)78(13)33-20-21-34-79(78,83)14/h15-19,22-32,39-46H,20-21,33-38,47H2,1-14H3. The Morgan fingerprint density at radius 3 is 1.62 bits per heavy atom. The molecule has 0 bridgehead atoms. The zero-order valence-corrected chi connectivity index (χ0v) is 52.5. The molecule has 3 aliphatic heterocycles. The highest BCUT2D eigenvalue weighted by Gasteiger charge is 2.59. The van der Waals surface area contributed by atoms with E-state index in [2.05, 4.69) is 257 Å². The van der Waals surface area contributed by atoms with Crippen molar-refractivity contribution < 1.29 is 4.42 Å². The zero-order chi connectivity index (χ0) is 58.2. The summed E-state index contributed by atoms with van der Waals surface area (Å²) in [5.41, 5.74) is 28.9. The summed E-state index contributed by atoms with van der Waals surface area (Å²) in [4.78, 5) is 8.34. The number of fused-ring (bicyclic) bond motifs is 13. The first kappa shape index (κ1) is 52.6. The van der Waals surface area contributed by atoms with Crippen LogP contribution in [0, 0.1) is 0 Å². The van der Waals surface area contributed by atoms with Gasteiger partial charge in [0.1, 0.15) is 5.58 Å². The van der Waals surface area contributed by atoms with E-state index in [1.807, 2.05) is 0 Å². The Morgan fingerprint density at radius 1 is 0.369 bits per heavy atom. The lowest BCUT2D eigenvalue weighted by Crippen LogP contribution is -2.62. The Hall–Kier alpha value is -6.98. The highest BCUT2D eigenvalue weighted by molar-refractivity contribution is 7.00. The second-order valence-electron chi connectivity index (χ2n) is 31.6. The summed E-state index contributed by atoms with van der Waals surface area (Å²) in [5, 5.41) is 2.30. The van der Waals surface area contributed by atoms with Crippen LogP contribution in [0.15, 0.2) is 150 Å². The first-order valence-corrected chi connectivity index (χ1v) is 32.0. The lowest BCUT2D eigenvalue weighted by Gasteiger charge is -2.51. The van der Waals surface area contributed by atoms with Crippen LogP contribution < -0.4 is 31.1 Å². The summed E-state index contributed by atoms with van der Waals surface area (Å²) in [7, 11) is 0. The largest absolute Gasteiger partial charge is 0.454 e. The minimum atomic E-state index is -0.205. The van der Waals surface area contributed by atoms with Crippen molar-refractivity contribution in [2.45, 2.75) is 198 Å². The van der Waals surface area contributed by atoms with Gasteiger partial charge in [-0.2, -0.15) is 0 Å². The number of hydrogen-bond donors (Lipinski definition) is 0. The van der Waals surface area contributed by atoms with Crippen molar-refractivity contribution in [3.8, 4) is 11.1 Å². The molecule has 0 spiro atoms. The molecule has 0 N–H and O–H groups in total. The van der Waals surface area contributed by atoms with Gasteiger partial charge < -0.3 is 19.1 Å². The van der Waals surface area contributed by atoms with Gasteiger partial charge in [-0.05, 0) is 211 Å². The molecular weight excluding hydrogens is 1020 g/mol. The van der Waals surface area contributed by atoms with Crippen molar-refractivity contribution >= 4 is 90.5 Å². The summed E-state index contributed by atoms with van der Waals surface area (Å²) in [6.45, 7) is 35.2. The summed E-state index contributed by atoms with van der Waals surface area (Å²) in [6.07, 6.45) is 10.4. The van der Waals surface area contributed by atoms with Crippen molar-refractivity contribution in [2.75, 3.05) is 14.7 Å². The summed E-state index contributed by atoms with van der Waals surface area (Å²) in [6, 6.07) is 58.0. The normalized spacial score (nSPS) is 23.7. The molecule has 2 unspecified atom stereocenters. The maximum atomic E-state index is 7.23. The molecule has 4 aliphatic carbocycles. The van der Waals surface area contributed by atoms with Crippen LogP contribution in [-0.2, 0) is 37.9 Å². The van der Waals surface area contributed by atoms with Crippen molar-refractivity contribution in [2.24, 2.45) is 0 Å². The van der Waals surface area contributed by atoms with Gasteiger partial charge in [-0.3, -0.25) is 0 Å². The Kier molecular flexibility index (Phi) is 10.6. The fraction of sp³-hybridized carbons (Fsp3) is 0.392. The predicted octanol–water partition coefficient (Wildman–Crippen LogP) is 19.7. The third-order valence-electron chi connectivity index (χ3n) is 23.7. The van der Waals surface area contributed by atoms with Crippen LogP contribution in [0.5, 0.6) is 0 Å². The summed E-state index contributed by atoms with van der Waals surface area (Å²) < 4.78 is 7.23. The molecule has 7 aliphatic rings. The molecule has 0 saturated heterocycles. The predicted molar refractivity (Wildman–Crippen MR) is 357 cm³/mol. The van der Waals surface area contributed by atoms with Crippen LogP contribution in [0.25, 0.3) is 33.1 Å². The maximum Gasteiger partial charge on any atom is 0.252 e. The average molecular weight is 1100 g/mol. The van der Waals surface area contributed by atoms with Gasteiger partial charge in [0, 0.05) is 56.0 Å². The average Bonchev–Trinajstić information content (AvgIpc) is 1.16. The highest BCUT2D eigenvalue weighted by atomic mass is 16.3. The van der Waals surface area contributed by atoms with Gasteiger partial charge in [-0.15, -0.1) is 0 Å². The van der Waals surface area contributed by atoms with E-state index in [-0.39, 0.29) is 50.2 Å². The van der Waals surface area contributed by atoms with Crippen molar-refractivity contribution in [1.29, 1.82) is 0 Å². The van der Waals surface area contributed by atoms with E-state index in [1.165, 1.54) is 126 Å². The SMILES string of the molecule is CC1(C)CCC(C)(C)c2cc(N3c4cc5c(cc4B4c6cc7c(cc6N(c6cccc8c6oc6ccccc68)c6cc(N8c9ccc(-c%10ccccc%10)cc9C9(C)CCCCC89C)cc3c64)C(C)(C)CC7(C)C)C(C)(C)CCC5(C)C)ccc21. The highest BCUT2D eigenvalue weighted by Crippen LogP contribution is 2.63. The second kappa shape index (κ2) is 16.9. The van der Waals surface area contributed by atoms with E-state index in [0.717, 1.165) is 66.2 Å². The third-order valence-corrected chi connectivity index (χ3v) is 23.7. The molecule has 8 aromatic carbocycles. The number of para-hydroxylation sites is 2. The fourth-order valence-electron chi connectivity index (χ4n) is 18.7. The van der Waals surface area contributed by atoms with Gasteiger partial charge in [0.05, 0.1) is 11.2 Å². The molecule has 5 heteroatoms. The number of benzene rings is 8. The quantitative estimate of drug-likeness (QED) is 0.164. The van der Waals surface area contributed by atoms with Gasteiger partial charge in [-0.25, -0.2) is 0 Å². The minimum Gasteiger partial charge on any atom is -0.454 e. The molecule has 4 nitrogen and oxygen atoms in total.